The minimum Gasteiger partial charge on any atom is -0.481 e. The first kappa shape index (κ1) is 26.7. The summed E-state index contributed by atoms with van der Waals surface area (Å²) in [5, 5.41) is 0. The third-order valence-electron chi connectivity index (χ3n) is 6.50. The molecule has 3 nitrogen and oxygen atoms in total. The molecule has 3 heteroatoms. The van der Waals surface area contributed by atoms with E-state index >= 15 is 0 Å². The zero-order valence-corrected chi connectivity index (χ0v) is 21.9. The van der Waals surface area contributed by atoms with E-state index in [1.165, 1.54) is 16.8 Å². The molecule has 3 aromatic rings. The first-order chi connectivity index (χ1) is 14.7. The van der Waals surface area contributed by atoms with Crippen molar-refractivity contribution in [1.82, 2.24) is 9.38 Å². The maximum atomic E-state index is 6.67. The molecule has 0 saturated carbocycles. The van der Waals surface area contributed by atoms with Crippen LogP contribution in [0.5, 0.6) is 5.75 Å². The van der Waals surface area contributed by atoms with E-state index in [4.69, 9.17) is 9.72 Å². The van der Waals surface area contributed by atoms with Crippen molar-refractivity contribution in [2.45, 2.75) is 94.6 Å². The number of fused-ring (bicyclic) bond motifs is 3. The number of hydrogen-bond donors (Lipinski definition) is 0. The Hall–Kier alpha value is -2.29. The number of ether oxygens (including phenoxy) is 1. The number of pyridine rings is 1. The molecule has 0 fully saturated rings. The summed E-state index contributed by atoms with van der Waals surface area (Å²) >= 11 is 0. The lowest BCUT2D eigenvalue weighted by atomic mass is 9.59. The van der Waals surface area contributed by atoms with Crippen molar-refractivity contribution in [2.24, 2.45) is 5.41 Å². The summed E-state index contributed by atoms with van der Waals surface area (Å²) < 4.78 is 8.81. The summed E-state index contributed by atoms with van der Waals surface area (Å²) in [5.74, 6) is 0.928. The van der Waals surface area contributed by atoms with Crippen LogP contribution >= 0.6 is 0 Å². The predicted molar refractivity (Wildman–Crippen MR) is 135 cm³/mol. The summed E-state index contributed by atoms with van der Waals surface area (Å²) in [4.78, 5) is 4.81. The number of nitrogens with zero attached hydrogens (tertiary/aromatic N) is 2. The number of aromatic nitrogens is 2. The fourth-order valence-electron chi connectivity index (χ4n) is 3.98. The largest absolute Gasteiger partial charge is 0.481 e. The van der Waals surface area contributed by atoms with Crippen LogP contribution in [0.4, 0.5) is 0 Å². The second-order valence-corrected chi connectivity index (χ2v) is 8.29. The van der Waals surface area contributed by atoms with E-state index < -0.39 is 0 Å². The van der Waals surface area contributed by atoms with Gasteiger partial charge in [0.1, 0.15) is 6.10 Å². The van der Waals surface area contributed by atoms with E-state index in [1.54, 1.807) is 0 Å². The van der Waals surface area contributed by atoms with Gasteiger partial charge in [0, 0.05) is 28.3 Å². The zero-order chi connectivity index (χ0) is 24.0. The van der Waals surface area contributed by atoms with Gasteiger partial charge in [-0.1, -0.05) is 99.6 Å². The maximum absolute atomic E-state index is 6.67. The number of aryl methyl sites for hydroxylation is 2. The minimum absolute atomic E-state index is 0.0142. The highest BCUT2D eigenvalue weighted by atomic mass is 16.5. The van der Waals surface area contributed by atoms with Crippen molar-refractivity contribution >= 4 is 5.65 Å². The average molecular weight is 425 g/mol. The molecule has 2 aromatic heterocycles. The highest BCUT2D eigenvalue weighted by molar-refractivity contribution is 5.63. The van der Waals surface area contributed by atoms with E-state index in [9.17, 15) is 0 Å². The fourth-order valence-corrected chi connectivity index (χ4v) is 3.98. The highest BCUT2D eigenvalue weighted by Gasteiger charge is 2.51. The van der Waals surface area contributed by atoms with Crippen LogP contribution in [0.25, 0.3) is 5.65 Å². The second kappa shape index (κ2) is 10.8. The molecule has 0 radical (unpaired) electrons. The van der Waals surface area contributed by atoms with Crippen LogP contribution in [0.3, 0.4) is 0 Å². The van der Waals surface area contributed by atoms with Gasteiger partial charge in [0.05, 0.1) is 5.69 Å². The molecule has 1 aliphatic rings. The Labute approximate surface area is 190 Å². The Balaban J connectivity index is 0.000000739. The van der Waals surface area contributed by atoms with Crippen LogP contribution in [-0.2, 0) is 5.41 Å². The zero-order valence-electron chi connectivity index (χ0n) is 21.9. The maximum Gasteiger partial charge on any atom is 0.180 e. The van der Waals surface area contributed by atoms with Crippen molar-refractivity contribution in [3.8, 4) is 5.75 Å². The highest BCUT2D eigenvalue weighted by Crippen LogP contribution is 2.57. The molecular weight excluding hydrogens is 380 g/mol. The van der Waals surface area contributed by atoms with Gasteiger partial charge in [0.15, 0.2) is 11.4 Å². The van der Waals surface area contributed by atoms with Crippen molar-refractivity contribution in [2.75, 3.05) is 0 Å². The Morgan fingerprint density at radius 1 is 0.839 bits per heavy atom. The third-order valence-corrected chi connectivity index (χ3v) is 6.50. The monoisotopic (exact) mass is 424 g/mol. The van der Waals surface area contributed by atoms with Gasteiger partial charge in [-0.05, 0) is 25.5 Å². The van der Waals surface area contributed by atoms with Crippen molar-refractivity contribution in [3.63, 3.8) is 0 Å². The summed E-state index contributed by atoms with van der Waals surface area (Å²) in [5.41, 5.74) is 5.50. The van der Waals surface area contributed by atoms with Gasteiger partial charge in [0.2, 0.25) is 0 Å². The molecule has 0 saturated heterocycles. The van der Waals surface area contributed by atoms with Gasteiger partial charge in [0.25, 0.3) is 0 Å². The number of hydrogen-bond acceptors (Lipinski definition) is 2. The molecule has 0 bridgehead atoms. The molecule has 1 aliphatic heterocycles. The molecule has 1 aromatic carbocycles. The van der Waals surface area contributed by atoms with Crippen LogP contribution in [-0.4, -0.2) is 9.38 Å². The molecule has 1 atom stereocenters. The second-order valence-electron chi connectivity index (χ2n) is 8.29. The van der Waals surface area contributed by atoms with Crippen molar-refractivity contribution in [1.29, 1.82) is 0 Å². The number of rotatable bonds is 1. The number of imidazole rings is 1. The molecule has 31 heavy (non-hydrogen) atoms. The van der Waals surface area contributed by atoms with Crippen LogP contribution in [0.2, 0.25) is 0 Å². The lowest BCUT2D eigenvalue weighted by Gasteiger charge is -2.51. The molecule has 0 amide bonds. The molecule has 0 unspecified atom stereocenters. The van der Waals surface area contributed by atoms with Gasteiger partial charge in [-0.2, -0.15) is 0 Å². The summed E-state index contributed by atoms with van der Waals surface area (Å²) in [7, 11) is 0. The molecule has 0 N–H and O–H groups in total. The van der Waals surface area contributed by atoms with Crippen LogP contribution in [0.15, 0.2) is 42.6 Å². The van der Waals surface area contributed by atoms with Gasteiger partial charge < -0.3 is 9.14 Å². The van der Waals surface area contributed by atoms with E-state index in [-0.39, 0.29) is 16.9 Å². The van der Waals surface area contributed by atoms with E-state index in [0.717, 1.165) is 17.1 Å². The quantitative estimate of drug-likeness (QED) is 0.391. The first-order valence-electron chi connectivity index (χ1n) is 12.0. The lowest BCUT2D eigenvalue weighted by molar-refractivity contribution is -0.00741. The molecular formula is C28H44N2O. The average Bonchev–Trinajstić information content (AvgIpc) is 3.09. The molecule has 4 rings (SSSR count). The predicted octanol–water partition coefficient (Wildman–Crippen LogP) is 8.47. The fraction of sp³-hybridized carbons (Fsp3) is 0.536. The molecule has 0 spiro atoms. The summed E-state index contributed by atoms with van der Waals surface area (Å²) in [6, 6.07) is 12.8. The van der Waals surface area contributed by atoms with E-state index in [1.807, 2.05) is 41.5 Å². The van der Waals surface area contributed by atoms with Crippen LogP contribution in [0.1, 0.15) is 97.9 Å². The SMILES string of the molecule is CC.CC.CC.Cc1nc2c3c(ccn2c1C)C(C)(C)C(C)(C)[C@@H](c1ccccc1)O3. The third kappa shape index (κ3) is 4.51. The Kier molecular flexibility index (Phi) is 9.35. The molecule has 0 aliphatic carbocycles. The van der Waals surface area contributed by atoms with Crippen LogP contribution in [0, 0.1) is 19.3 Å². The number of benzene rings is 1. The summed E-state index contributed by atoms with van der Waals surface area (Å²) in [6.45, 7) is 25.4. The minimum atomic E-state index is -0.0591. The normalized spacial score (nSPS) is 17.5. The van der Waals surface area contributed by atoms with E-state index in [0.29, 0.717) is 0 Å². The lowest BCUT2D eigenvalue weighted by Crippen LogP contribution is -2.47. The molecule has 3 heterocycles. The van der Waals surface area contributed by atoms with Crippen molar-refractivity contribution < 1.29 is 4.74 Å². The van der Waals surface area contributed by atoms with Crippen LogP contribution < -0.4 is 4.74 Å². The summed E-state index contributed by atoms with van der Waals surface area (Å²) in [6.07, 6.45) is 2.12. The smallest absolute Gasteiger partial charge is 0.180 e. The van der Waals surface area contributed by atoms with Gasteiger partial charge >= 0.3 is 0 Å². The van der Waals surface area contributed by atoms with Gasteiger partial charge in [-0.25, -0.2) is 4.98 Å². The Bertz CT molecular complexity index is 952. The van der Waals surface area contributed by atoms with E-state index in [2.05, 4.69) is 88.5 Å². The first-order valence-corrected chi connectivity index (χ1v) is 12.0. The standard InChI is InChI=1S/C22H26N2O.3C2H6/c1-14-15(2)24-13-12-17-18(20(24)23-14)25-19(16-10-8-7-9-11-16)22(5,6)21(17,3)4;3*1-2/h7-13,19H,1-6H3;3*1-2H3/t19-;;;/m1.../s1. The molecule has 172 valence electrons. The Morgan fingerprint density at radius 3 is 1.94 bits per heavy atom. The van der Waals surface area contributed by atoms with Gasteiger partial charge in [-0.15, -0.1) is 0 Å². The van der Waals surface area contributed by atoms with Crippen molar-refractivity contribution in [3.05, 3.63) is 65.1 Å². The van der Waals surface area contributed by atoms with Gasteiger partial charge in [-0.3, -0.25) is 0 Å². The Morgan fingerprint density at radius 2 is 1.39 bits per heavy atom. The topological polar surface area (TPSA) is 26.5 Å².